The second-order valence-corrected chi connectivity index (χ2v) is 0.603. The Bertz CT molecular complexity index is 11.6. The summed E-state index contributed by atoms with van der Waals surface area (Å²) in [5.74, 6) is 0. The van der Waals surface area contributed by atoms with Gasteiger partial charge in [-0.25, -0.2) is 0 Å². The molecule has 0 aromatic carbocycles. The summed E-state index contributed by atoms with van der Waals surface area (Å²) < 4.78 is 24.0. The SMILES string of the molecule is [O-][Cl+2]([O-])O.[Pt+4]. The minimum Gasteiger partial charge on any atom is -0.321 e. The van der Waals surface area contributed by atoms with Crippen LogP contribution in [-0.4, -0.2) is 4.66 Å². The Morgan fingerprint density at radius 2 is 1.40 bits per heavy atom. The second kappa shape index (κ2) is 4.86. The molecule has 0 atom stereocenters. The molecule has 0 spiro atoms. The zero-order valence-electron chi connectivity index (χ0n) is 1.96. The average Bonchev–Trinajstić information content (AvgIpc) is 0.811. The van der Waals surface area contributed by atoms with Gasteiger partial charge in [-0.3, -0.25) is 0 Å². The molecule has 3 nitrogen and oxygen atoms in total. The third-order valence-corrected chi connectivity index (χ3v) is 0. The Morgan fingerprint density at radius 1 is 1.40 bits per heavy atom. The minimum atomic E-state index is -2.60. The van der Waals surface area contributed by atoms with E-state index in [1.165, 1.54) is 0 Å². The van der Waals surface area contributed by atoms with Crippen LogP contribution in [0.5, 0.6) is 0 Å². The first-order valence-electron chi connectivity index (χ1n) is 0.478. The van der Waals surface area contributed by atoms with Crippen LogP contribution in [0.15, 0.2) is 0 Å². The third-order valence-electron chi connectivity index (χ3n) is 0. The molecule has 0 aliphatic heterocycles. The molecule has 1 N–H and O–H groups in total. The smallest absolute Gasteiger partial charge is 0.321 e. The summed E-state index contributed by atoms with van der Waals surface area (Å²) >= 11 is 0. The van der Waals surface area contributed by atoms with Crippen LogP contribution in [0.4, 0.5) is 0 Å². The van der Waals surface area contributed by atoms with Crippen LogP contribution in [0, 0.1) is 10.8 Å². The van der Waals surface area contributed by atoms with Gasteiger partial charge in [-0.2, -0.15) is 0 Å². The molecule has 0 fully saturated rings. The summed E-state index contributed by atoms with van der Waals surface area (Å²) in [7, 11) is -2.60. The van der Waals surface area contributed by atoms with Gasteiger partial charge in [-0.15, -0.1) is 0 Å². The Balaban J connectivity index is 0. The third kappa shape index (κ3) is 53.9. The molecule has 0 saturated heterocycles. The molecular formula is HClO3Pt+4. The molecule has 0 unspecified atom stereocenters. The molecule has 0 aromatic heterocycles. The van der Waals surface area contributed by atoms with Gasteiger partial charge in [-0.1, -0.05) is 0 Å². The fraction of sp³-hybridized carbons (Fsp3) is 0. The van der Waals surface area contributed by atoms with Crippen molar-refractivity contribution < 1.29 is 45.8 Å². The van der Waals surface area contributed by atoms with Crippen LogP contribution < -0.4 is 9.32 Å². The zero-order valence-corrected chi connectivity index (χ0v) is 4.99. The molecule has 0 bridgehead atoms. The van der Waals surface area contributed by atoms with Gasteiger partial charge in [0.2, 0.25) is 0 Å². The minimum absolute atomic E-state index is 0. The van der Waals surface area contributed by atoms with Crippen molar-refractivity contribution in [1.29, 1.82) is 0 Å². The van der Waals surface area contributed by atoms with E-state index in [9.17, 15) is 0 Å². The zero-order chi connectivity index (χ0) is 3.58. The monoisotopic (exact) mass is 279 g/mol. The fourth-order valence-electron chi connectivity index (χ4n) is 0. The van der Waals surface area contributed by atoms with Crippen molar-refractivity contribution in [3.63, 3.8) is 0 Å². The molecule has 0 saturated carbocycles. The maximum Gasteiger partial charge on any atom is 4.00 e. The molecule has 5 heteroatoms. The van der Waals surface area contributed by atoms with Crippen LogP contribution in [0.1, 0.15) is 0 Å². The largest absolute Gasteiger partial charge is 4.00 e. The van der Waals surface area contributed by atoms with Gasteiger partial charge in [0, 0.05) is 4.66 Å². The summed E-state index contributed by atoms with van der Waals surface area (Å²) in [6.45, 7) is 0. The first-order chi connectivity index (χ1) is 1.73. The van der Waals surface area contributed by atoms with Crippen molar-refractivity contribution in [2.24, 2.45) is 0 Å². The number of hydrogen-bond acceptors (Lipinski definition) is 3. The Labute approximate surface area is 46.3 Å². The van der Waals surface area contributed by atoms with Crippen molar-refractivity contribution in [3.8, 4) is 0 Å². The molecule has 0 radical (unpaired) electrons. The van der Waals surface area contributed by atoms with E-state index in [0.29, 0.717) is 0 Å². The van der Waals surface area contributed by atoms with Gasteiger partial charge >= 0.3 is 21.1 Å². The van der Waals surface area contributed by atoms with E-state index < -0.39 is 10.8 Å². The molecule has 0 rings (SSSR count). The van der Waals surface area contributed by atoms with Gasteiger partial charge in [0.25, 0.3) is 10.8 Å². The first-order valence-corrected chi connectivity index (χ1v) is 1.43. The predicted molar refractivity (Wildman–Crippen MR) is 2.22 cm³/mol. The Hall–Kier alpha value is 0.858. The number of hydrogen-bond donors (Lipinski definition) is 1. The molecule has 0 heterocycles. The molecule has 0 aromatic rings. The standard InChI is InChI=1S/ClHO3.Pt/c2-1(3)4;/h2H;/q;+4. The van der Waals surface area contributed by atoms with Gasteiger partial charge in [0.15, 0.2) is 0 Å². The summed E-state index contributed by atoms with van der Waals surface area (Å²) in [6, 6.07) is 0. The molecule has 0 aliphatic carbocycles. The predicted octanol–water partition coefficient (Wildman–Crippen LogP) is -2.94. The van der Waals surface area contributed by atoms with Crippen LogP contribution in [0.3, 0.4) is 0 Å². The van der Waals surface area contributed by atoms with Crippen LogP contribution in [-0.2, 0) is 21.1 Å². The first kappa shape index (κ1) is 9.29. The van der Waals surface area contributed by atoms with Crippen LogP contribution >= 0.6 is 0 Å². The van der Waals surface area contributed by atoms with E-state index >= 15 is 0 Å². The van der Waals surface area contributed by atoms with Crippen LogP contribution in [0.25, 0.3) is 0 Å². The normalized spacial score (nSPS) is 7.20. The van der Waals surface area contributed by atoms with Gasteiger partial charge < -0.3 is 9.32 Å². The van der Waals surface area contributed by atoms with E-state index in [1.807, 2.05) is 0 Å². The summed E-state index contributed by atoms with van der Waals surface area (Å²) in [4.78, 5) is 0. The molecule has 32 valence electrons. The van der Waals surface area contributed by atoms with E-state index in [-0.39, 0.29) is 21.1 Å². The maximum absolute atomic E-state index is 8.52. The quantitative estimate of drug-likeness (QED) is 0.516. The second-order valence-electron chi connectivity index (χ2n) is 0.201. The van der Waals surface area contributed by atoms with Crippen molar-refractivity contribution >= 4 is 0 Å². The van der Waals surface area contributed by atoms with Gasteiger partial charge in [-0.05, 0) is 0 Å². The van der Waals surface area contributed by atoms with Crippen molar-refractivity contribution in [2.75, 3.05) is 0 Å². The van der Waals surface area contributed by atoms with Crippen molar-refractivity contribution in [2.45, 2.75) is 0 Å². The van der Waals surface area contributed by atoms with E-state index in [4.69, 9.17) is 14.0 Å². The summed E-state index contributed by atoms with van der Waals surface area (Å²) in [5.41, 5.74) is 0. The van der Waals surface area contributed by atoms with Crippen molar-refractivity contribution in [3.05, 3.63) is 0 Å². The number of rotatable bonds is 0. The fourth-order valence-corrected chi connectivity index (χ4v) is 0. The maximum atomic E-state index is 8.52. The Morgan fingerprint density at radius 3 is 1.40 bits per heavy atom. The van der Waals surface area contributed by atoms with E-state index in [2.05, 4.69) is 0 Å². The van der Waals surface area contributed by atoms with Gasteiger partial charge in [0.1, 0.15) is 0 Å². The average molecular weight is 280 g/mol. The van der Waals surface area contributed by atoms with E-state index in [1.54, 1.807) is 0 Å². The molecule has 0 amide bonds. The molecule has 0 aliphatic rings. The summed E-state index contributed by atoms with van der Waals surface area (Å²) in [6.07, 6.45) is 0. The topological polar surface area (TPSA) is 66.3 Å². The summed E-state index contributed by atoms with van der Waals surface area (Å²) in [5, 5.41) is 0. The van der Waals surface area contributed by atoms with Gasteiger partial charge in [0.05, 0.1) is 0 Å². The number of halogens is 1. The Kier molecular flexibility index (Phi) is 9.03. The molecular weight excluding hydrogens is 279 g/mol. The van der Waals surface area contributed by atoms with E-state index in [0.717, 1.165) is 0 Å². The van der Waals surface area contributed by atoms with Crippen LogP contribution in [0.2, 0.25) is 0 Å². The van der Waals surface area contributed by atoms with Crippen molar-refractivity contribution in [1.82, 2.24) is 0 Å². The molecule has 5 heavy (non-hydrogen) atoms.